The monoisotopic (exact) mass is 806 g/mol. The molecule has 0 amide bonds. The zero-order valence-corrected chi connectivity index (χ0v) is 34.9. The van der Waals surface area contributed by atoms with Gasteiger partial charge in [-0.2, -0.15) is 122 Å². The fraction of sp³-hybridized carbons (Fsp3) is 0.370. The molecule has 0 aliphatic heterocycles. The van der Waals surface area contributed by atoms with Crippen molar-refractivity contribution in [1.29, 1.82) is 0 Å². The Morgan fingerprint density at radius 3 is 1.57 bits per heavy atom. The summed E-state index contributed by atoms with van der Waals surface area (Å²) in [6.07, 6.45) is -1.77. The van der Waals surface area contributed by atoms with Gasteiger partial charge in [0.25, 0.3) is 0 Å². The van der Waals surface area contributed by atoms with Gasteiger partial charge in [-0.1, -0.05) is 116 Å². The maximum atomic E-state index is 11.8. The summed E-state index contributed by atoms with van der Waals surface area (Å²) in [5.41, 5.74) is 10.2. The van der Waals surface area contributed by atoms with Gasteiger partial charge in [-0.25, -0.2) is 5.57 Å². The number of benzene rings is 4. The summed E-state index contributed by atoms with van der Waals surface area (Å²) in [5, 5.41) is 0. The number of hydrogen-bond donors (Lipinski definition) is 0. The van der Waals surface area contributed by atoms with Gasteiger partial charge in [0.15, 0.2) is 0 Å². The number of hydrogen-bond acceptors (Lipinski definition) is 0. The molecule has 1 atom stereocenters. The molecule has 2 aliphatic carbocycles. The summed E-state index contributed by atoms with van der Waals surface area (Å²) in [6.45, 7) is 22.4. The molecule has 0 aromatic heterocycles. The van der Waals surface area contributed by atoms with Crippen LogP contribution < -0.4 is 0 Å². The van der Waals surface area contributed by atoms with E-state index in [1.165, 1.54) is 93.0 Å². The molecule has 0 spiro atoms. The van der Waals surface area contributed by atoms with E-state index in [1.807, 2.05) is 0 Å². The quantitative estimate of drug-likeness (QED) is 0.117. The van der Waals surface area contributed by atoms with Crippen LogP contribution in [-0.4, -0.2) is 4.21 Å². The Kier molecular flexibility index (Phi) is 16.7. The molecule has 0 heterocycles. The summed E-state index contributed by atoms with van der Waals surface area (Å²) >= 11 is 1.30. The molecule has 0 saturated heterocycles. The summed E-state index contributed by atoms with van der Waals surface area (Å²) in [7, 11) is 0. The molecule has 6 rings (SSSR count). The van der Waals surface area contributed by atoms with Crippen molar-refractivity contribution in [1.82, 2.24) is 0 Å². The van der Waals surface area contributed by atoms with Crippen LogP contribution in [0.5, 0.6) is 0 Å². The molecule has 0 radical (unpaired) electrons. The molecule has 2 aliphatic rings. The molecule has 0 N–H and O–H groups in total. The number of halogens is 6. The molecule has 284 valence electrons. The fourth-order valence-corrected chi connectivity index (χ4v) is 5.65. The van der Waals surface area contributed by atoms with Gasteiger partial charge < -0.3 is 0 Å². The van der Waals surface area contributed by atoms with Crippen LogP contribution in [0.25, 0.3) is 11.1 Å². The van der Waals surface area contributed by atoms with E-state index in [0.717, 1.165) is 30.7 Å². The first-order valence-corrected chi connectivity index (χ1v) is 19.2. The Bertz CT molecular complexity index is 1690. The molecular weight excluding hydrogens is 758 g/mol. The van der Waals surface area contributed by atoms with Crippen molar-refractivity contribution in [3.05, 3.63) is 154 Å². The second kappa shape index (κ2) is 19.3. The van der Waals surface area contributed by atoms with Crippen LogP contribution in [0.15, 0.2) is 96.1 Å². The third kappa shape index (κ3) is 14.1. The van der Waals surface area contributed by atoms with Gasteiger partial charge in [0, 0.05) is 0 Å². The summed E-state index contributed by atoms with van der Waals surface area (Å²) in [6, 6.07) is 29.2. The van der Waals surface area contributed by atoms with E-state index < -0.39 is 23.5 Å². The third-order valence-corrected chi connectivity index (χ3v) is 8.46. The van der Waals surface area contributed by atoms with Crippen LogP contribution in [0, 0.1) is 36.1 Å². The van der Waals surface area contributed by atoms with E-state index in [1.54, 1.807) is 0 Å². The molecule has 53 heavy (non-hydrogen) atoms. The van der Waals surface area contributed by atoms with E-state index in [-0.39, 0.29) is 10.8 Å². The van der Waals surface area contributed by atoms with Gasteiger partial charge in [-0.15, -0.1) is 11.1 Å². The zero-order valence-electron chi connectivity index (χ0n) is 32.4. The van der Waals surface area contributed by atoms with Crippen molar-refractivity contribution >= 4 is 4.21 Å². The maximum absolute atomic E-state index is 11.8. The SMILES string of the molecule is CC(C)(C)c1[c-]c2c(cc1)-c1ccc(C(C)(C)C)cc1C2.CC1=[C-]C(C)C=C1C(C)C.FC(F)(F)c1c[c-]ccc1.FC(F)(F)c1c[c-]ccc1.[CH2]=[Zr]. The van der Waals surface area contributed by atoms with Crippen LogP contribution in [0.2, 0.25) is 0 Å². The van der Waals surface area contributed by atoms with Gasteiger partial charge in [-0.3, -0.25) is 6.08 Å². The fourth-order valence-electron chi connectivity index (χ4n) is 5.65. The molecule has 4 aromatic rings. The van der Waals surface area contributed by atoms with Crippen molar-refractivity contribution in [2.24, 2.45) is 11.8 Å². The van der Waals surface area contributed by atoms with E-state index in [4.69, 9.17) is 0 Å². The second-order valence-electron chi connectivity index (χ2n) is 15.2. The molecular formula is C46H50F6Zr-4. The summed E-state index contributed by atoms with van der Waals surface area (Å²) in [5.74, 6) is 1.20. The van der Waals surface area contributed by atoms with Gasteiger partial charge in [0.2, 0.25) is 0 Å². The minimum absolute atomic E-state index is 0.167. The Labute approximate surface area is 328 Å². The standard InChI is InChI=1S/C21H25.C10H15.2C7H4F3.CH2.Zr/c1-20(2,3)16-7-9-18-14(12-16)11-15-13-17(21(4,5)6)8-10-19(15)18;1-7(2)10-6-8(3)5-9(10)4;2*8-7(9,10)6-4-2-1-3-5-6;;/h7-10,12H,11H2,1-6H3;6-8H,1-4H3;2*1-2,4-5H;1H2;/q4*-1;;. The van der Waals surface area contributed by atoms with Crippen LogP contribution in [0.4, 0.5) is 26.3 Å². The van der Waals surface area contributed by atoms with Crippen LogP contribution >= 0.6 is 0 Å². The Hall–Kier alpha value is -3.31. The molecule has 0 saturated carbocycles. The normalized spacial score (nSPS) is 14.7. The summed E-state index contributed by atoms with van der Waals surface area (Å²) < 4.78 is 73.9. The van der Waals surface area contributed by atoms with Crippen molar-refractivity contribution in [2.45, 2.75) is 98.8 Å². The molecule has 0 fully saturated rings. The topological polar surface area (TPSA) is 0 Å². The van der Waals surface area contributed by atoms with Crippen LogP contribution in [0.3, 0.4) is 0 Å². The third-order valence-electron chi connectivity index (χ3n) is 8.46. The summed E-state index contributed by atoms with van der Waals surface area (Å²) in [4.78, 5) is 0. The van der Waals surface area contributed by atoms with E-state index in [9.17, 15) is 26.3 Å². The Balaban J connectivity index is 0.000000258. The van der Waals surface area contributed by atoms with Crippen molar-refractivity contribution < 1.29 is 50.6 Å². The van der Waals surface area contributed by atoms with Crippen molar-refractivity contribution in [2.75, 3.05) is 0 Å². The van der Waals surface area contributed by atoms with E-state index >= 15 is 0 Å². The van der Waals surface area contributed by atoms with Gasteiger partial charge in [0.05, 0.1) is 0 Å². The molecule has 4 aromatic carbocycles. The first-order chi connectivity index (χ1) is 24.5. The number of allylic oxidation sites excluding steroid dienone is 4. The predicted octanol–water partition coefficient (Wildman–Crippen LogP) is 13.6. The van der Waals surface area contributed by atoms with Gasteiger partial charge in [0.1, 0.15) is 0 Å². The second-order valence-corrected chi connectivity index (χ2v) is 15.2. The first-order valence-electron chi connectivity index (χ1n) is 17.4. The average molecular weight is 808 g/mol. The molecule has 1 unspecified atom stereocenters. The van der Waals surface area contributed by atoms with Gasteiger partial charge >= 0.3 is 40.8 Å². The molecule has 0 nitrogen and oxygen atoms in total. The van der Waals surface area contributed by atoms with Crippen LogP contribution in [0.1, 0.15) is 103 Å². The molecule has 0 bridgehead atoms. The van der Waals surface area contributed by atoms with E-state index in [2.05, 4.69) is 134 Å². The van der Waals surface area contributed by atoms with Gasteiger partial charge in [-0.05, 0) is 28.4 Å². The zero-order chi connectivity index (χ0) is 40.4. The molecule has 7 heteroatoms. The average Bonchev–Trinajstić information content (AvgIpc) is 3.63. The number of alkyl halides is 6. The van der Waals surface area contributed by atoms with E-state index in [0.29, 0.717) is 11.8 Å². The van der Waals surface area contributed by atoms with Crippen molar-refractivity contribution in [3.63, 3.8) is 0 Å². The van der Waals surface area contributed by atoms with Crippen LogP contribution in [-0.2, 0) is 53.8 Å². The number of fused-ring (bicyclic) bond motifs is 3. The number of rotatable bonds is 1. The minimum atomic E-state index is -4.24. The first kappa shape index (κ1) is 45.8. The Morgan fingerprint density at radius 1 is 0.717 bits per heavy atom. The predicted molar refractivity (Wildman–Crippen MR) is 203 cm³/mol. The van der Waals surface area contributed by atoms with Crippen molar-refractivity contribution in [3.8, 4) is 11.1 Å². The Morgan fingerprint density at radius 2 is 1.23 bits per heavy atom.